The van der Waals surface area contributed by atoms with Crippen molar-refractivity contribution in [2.45, 2.75) is 20.8 Å². The van der Waals surface area contributed by atoms with Crippen molar-refractivity contribution in [3.8, 4) is 0 Å². The Labute approximate surface area is 146 Å². The van der Waals surface area contributed by atoms with Crippen LogP contribution in [0.1, 0.15) is 28.4 Å². The van der Waals surface area contributed by atoms with Crippen molar-refractivity contribution in [2.75, 3.05) is 10.6 Å². The van der Waals surface area contributed by atoms with Gasteiger partial charge < -0.3 is 10.6 Å². The number of rotatable bonds is 5. The predicted octanol–water partition coefficient (Wildman–Crippen LogP) is 4.18. The van der Waals surface area contributed by atoms with E-state index in [1.807, 2.05) is 38.1 Å². The molecule has 6 heteroatoms. The highest BCUT2D eigenvalue weighted by atomic mass is 16.1. The molecule has 3 rings (SSSR count). The van der Waals surface area contributed by atoms with Gasteiger partial charge in [-0.25, -0.2) is 0 Å². The second-order valence-corrected chi connectivity index (χ2v) is 5.87. The summed E-state index contributed by atoms with van der Waals surface area (Å²) in [6.07, 6.45) is 1.54. The van der Waals surface area contributed by atoms with Crippen LogP contribution < -0.4 is 10.6 Å². The molecule has 0 bridgehead atoms. The first-order valence-corrected chi connectivity index (χ1v) is 7.93. The molecule has 0 radical (unpaired) electrons. The summed E-state index contributed by atoms with van der Waals surface area (Å²) in [6, 6.07) is 13.4. The lowest BCUT2D eigenvalue weighted by molar-refractivity contribution is 0.101. The molecular formula is C19H19N5O. The molecule has 3 aromatic rings. The molecule has 1 aromatic heterocycles. The lowest BCUT2D eigenvalue weighted by atomic mass is 10.1. The molecule has 2 aromatic carbocycles. The summed E-state index contributed by atoms with van der Waals surface area (Å²) in [5.41, 5.74) is 4.60. The fourth-order valence-electron chi connectivity index (χ4n) is 2.37. The maximum atomic E-state index is 11.5. The lowest BCUT2D eigenvalue weighted by Crippen LogP contribution is -2.03. The second-order valence-electron chi connectivity index (χ2n) is 5.87. The van der Waals surface area contributed by atoms with E-state index in [4.69, 9.17) is 0 Å². The van der Waals surface area contributed by atoms with Crippen LogP contribution in [0.15, 0.2) is 48.7 Å². The number of aromatic nitrogens is 3. The molecule has 0 amide bonds. The Hall–Kier alpha value is -3.28. The number of carbonyl (C=O) groups is 1. The SMILES string of the molecule is CC(=O)c1cccc(Nc2cnnc(Nc3cc(C)ccc3C)n2)c1. The van der Waals surface area contributed by atoms with Gasteiger partial charge in [-0.15, -0.1) is 5.10 Å². The Morgan fingerprint density at radius 1 is 1.04 bits per heavy atom. The average molecular weight is 333 g/mol. The van der Waals surface area contributed by atoms with Crippen molar-refractivity contribution in [3.63, 3.8) is 0 Å². The molecule has 0 atom stereocenters. The number of aryl methyl sites for hydroxylation is 2. The topological polar surface area (TPSA) is 79.8 Å². The van der Waals surface area contributed by atoms with Crippen molar-refractivity contribution in [1.82, 2.24) is 15.2 Å². The van der Waals surface area contributed by atoms with Crippen LogP contribution in [-0.4, -0.2) is 21.0 Å². The van der Waals surface area contributed by atoms with Crippen LogP contribution in [0.4, 0.5) is 23.1 Å². The molecule has 0 spiro atoms. The van der Waals surface area contributed by atoms with E-state index in [0.29, 0.717) is 17.3 Å². The van der Waals surface area contributed by atoms with Crippen LogP contribution in [-0.2, 0) is 0 Å². The fraction of sp³-hybridized carbons (Fsp3) is 0.158. The van der Waals surface area contributed by atoms with Crippen molar-refractivity contribution in [2.24, 2.45) is 0 Å². The number of nitrogens with one attached hydrogen (secondary N) is 2. The Morgan fingerprint density at radius 2 is 1.88 bits per heavy atom. The molecular weight excluding hydrogens is 314 g/mol. The van der Waals surface area contributed by atoms with E-state index in [2.05, 4.69) is 31.9 Å². The molecule has 6 nitrogen and oxygen atoms in total. The standard InChI is InChI=1S/C19H19N5O/c1-12-7-8-13(2)17(9-12)22-19-23-18(11-20-24-19)21-16-6-4-5-15(10-16)14(3)25/h4-11H,1-3H3,(H2,21,22,23,24). The summed E-state index contributed by atoms with van der Waals surface area (Å²) in [4.78, 5) is 15.9. The van der Waals surface area contributed by atoms with E-state index in [-0.39, 0.29) is 5.78 Å². The molecule has 0 saturated carbocycles. The number of benzene rings is 2. The van der Waals surface area contributed by atoms with Gasteiger partial charge in [0.15, 0.2) is 11.6 Å². The minimum absolute atomic E-state index is 0.0155. The summed E-state index contributed by atoms with van der Waals surface area (Å²) < 4.78 is 0. The van der Waals surface area contributed by atoms with Crippen LogP contribution in [0.2, 0.25) is 0 Å². The van der Waals surface area contributed by atoms with Crippen LogP contribution in [0, 0.1) is 13.8 Å². The van der Waals surface area contributed by atoms with E-state index < -0.39 is 0 Å². The van der Waals surface area contributed by atoms with Gasteiger partial charge in [0.2, 0.25) is 5.95 Å². The zero-order chi connectivity index (χ0) is 17.8. The molecule has 0 aliphatic heterocycles. The van der Waals surface area contributed by atoms with Gasteiger partial charge in [0.25, 0.3) is 0 Å². The lowest BCUT2D eigenvalue weighted by Gasteiger charge is -2.10. The second kappa shape index (κ2) is 7.09. The number of hydrogen-bond acceptors (Lipinski definition) is 6. The molecule has 126 valence electrons. The fourth-order valence-corrected chi connectivity index (χ4v) is 2.37. The summed E-state index contributed by atoms with van der Waals surface area (Å²) in [5.74, 6) is 0.965. The third kappa shape index (κ3) is 4.17. The van der Waals surface area contributed by atoms with Gasteiger partial charge in [-0.2, -0.15) is 10.1 Å². The average Bonchev–Trinajstić information content (AvgIpc) is 2.59. The van der Waals surface area contributed by atoms with Crippen molar-refractivity contribution in [1.29, 1.82) is 0 Å². The largest absolute Gasteiger partial charge is 0.339 e. The molecule has 1 heterocycles. The van der Waals surface area contributed by atoms with Crippen molar-refractivity contribution < 1.29 is 4.79 Å². The Bertz CT molecular complexity index is 923. The molecule has 2 N–H and O–H groups in total. The van der Waals surface area contributed by atoms with Crippen LogP contribution >= 0.6 is 0 Å². The van der Waals surface area contributed by atoms with E-state index in [9.17, 15) is 4.79 Å². The molecule has 0 aliphatic rings. The highest BCUT2D eigenvalue weighted by molar-refractivity contribution is 5.95. The minimum Gasteiger partial charge on any atom is -0.339 e. The number of Topliss-reactive ketones (excluding diaryl/α,β-unsaturated/α-hetero) is 1. The van der Waals surface area contributed by atoms with E-state index >= 15 is 0 Å². The van der Waals surface area contributed by atoms with Gasteiger partial charge in [-0.05, 0) is 50.1 Å². The summed E-state index contributed by atoms with van der Waals surface area (Å²) in [6.45, 7) is 5.59. The van der Waals surface area contributed by atoms with Crippen LogP contribution in [0.25, 0.3) is 0 Å². The monoisotopic (exact) mass is 333 g/mol. The number of anilines is 4. The normalized spacial score (nSPS) is 10.4. The van der Waals surface area contributed by atoms with Gasteiger partial charge >= 0.3 is 0 Å². The van der Waals surface area contributed by atoms with Crippen LogP contribution in [0.3, 0.4) is 0 Å². The molecule has 0 aliphatic carbocycles. The number of nitrogens with zero attached hydrogens (tertiary/aromatic N) is 3. The maximum absolute atomic E-state index is 11.5. The first kappa shape index (κ1) is 16.6. The highest BCUT2D eigenvalue weighted by Gasteiger charge is 2.06. The van der Waals surface area contributed by atoms with Crippen molar-refractivity contribution in [3.05, 3.63) is 65.4 Å². The summed E-state index contributed by atoms with van der Waals surface area (Å²) in [5, 5.41) is 14.3. The summed E-state index contributed by atoms with van der Waals surface area (Å²) in [7, 11) is 0. The van der Waals surface area contributed by atoms with Gasteiger partial charge in [-0.3, -0.25) is 4.79 Å². The first-order chi connectivity index (χ1) is 12.0. The third-order valence-corrected chi connectivity index (χ3v) is 3.74. The maximum Gasteiger partial charge on any atom is 0.249 e. The van der Waals surface area contributed by atoms with Gasteiger partial charge in [0.1, 0.15) is 0 Å². The number of ketones is 1. The third-order valence-electron chi connectivity index (χ3n) is 3.74. The Morgan fingerprint density at radius 3 is 2.68 bits per heavy atom. The zero-order valence-corrected chi connectivity index (χ0v) is 14.4. The molecule has 25 heavy (non-hydrogen) atoms. The minimum atomic E-state index is 0.0155. The molecule has 0 unspecified atom stereocenters. The molecule has 0 saturated heterocycles. The number of carbonyl (C=O) groups excluding carboxylic acids is 1. The highest BCUT2D eigenvalue weighted by Crippen LogP contribution is 2.21. The van der Waals surface area contributed by atoms with Gasteiger partial charge in [0.05, 0.1) is 6.20 Å². The van der Waals surface area contributed by atoms with E-state index in [1.165, 1.54) is 13.1 Å². The quantitative estimate of drug-likeness (QED) is 0.682. The van der Waals surface area contributed by atoms with Crippen LogP contribution in [0.5, 0.6) is 0 Å². The molecule has 0 fully saturated rings. The van der Waals surface area contributed by atoms with E-state index in [1.54, 1.807) is 12.1 Å². The van der Waals surface area contributed by atoms with Crippen molar-refractivity contribution >= 4 is 28.9 Å². The summed E-state index contributed by atoms with van der Waals surface area (Å²) >= 11 is 0. The van der Waals surface area contributed by atoms with Gasteiger partial charge in [0, 0.05) is 16.9 Å². The smallest absolute Gasteiger partial charge is 0.249 e. The van der Waals surface area contributed by atoms with Gasteiger partial charge in [-0.1, -0.05) is 24.3 Å². The first-order valence-electron chi connectivity index (χ1n) is 7.93. The Balaban J connectivity index is 1.81. The zero-order valence-electron chi connectivity index (χ0n) is 14.4. The predicted molar refractivity (Wildman–Crippen MR) is 98.8 cm³/mol. The number of hydrogen-bond donors (Lipinski definition) is 2. The van der Waals surface area contributed by atoms with E-state index in [0.717, 1.165) is 22.5 Å². The Kier molecular flexibility index (Phi) is 4.70.